The predicted octanol–water partition coefficient (Wildman–Crippen LogP) is 1.44. The third kappa shape index (κ3) is 2.83. The number of amides is 1. The van der Waals surface area contributed by atoms with Crippen molar-refractivity contribution in [1.29, 1.82) is 0 Å². The van der Waals surface area contributed by atoms with Crippen LogP contribution in [0.25, 0.3) is 0 Å². The van der Waals surface area contributed by atoms with Crippen molar-refractivity contribution in [3.8, 4) is 0 Å². The molecule has 4 nitrogen and oxygen atoms in total. The average Bonchev–Trinajstić information content (AvgIpc) is 2.58. The van der Waals surface area contributed by atoms with Crippen molar-refractivity contribution >= 4 is 40.2 Å². The lowest BCUT2D eigenvalue weighted by atomic mass is 10.1. The number of thioether (sulfide) groups is 1. The van der Waals surface area contributed by atoms with Crippen LogP contribution in [0.3, 0.4) is 0 Å². The Balaban J connectivity index is 2.13. The molecule has 0 aromatic heterocycles. The molecule has 1 aromatic rings. The molecule has 1 aliphatic rings. The summed E-state index contributed by atoms with van der Waals surface area (Å²) in [6.07, 6.45) is 0.484. The maximum absolute atomic E-state index is 11.5. The number of carbonyl (C=O) groups is 2. The van der Waals surface area contributed by atoms with Crippen molar-refractivity contribution in [2.24, 2.45) is 0 Å². The smallest absolute Gasteiger partial charge is 0.335 e. The van der Waals surface area contributed by atoms with E-state index in [4.69, 9.17) is 17.3 Å². The van der Waals surface area contributed by atoms with Crippen LogP contribution < -0.4 is 5.32 Å². The predicted molar refractivity (Wildman–Crippen MR) is 69.2 cm³/mol. The summed E-state index contributed by atoms with van der Waals surface area (Å²) in [7, 11) is 0. The highest BCUT2D eigenvalue weighted by Gasteiger charge is 2.29. The molecule has 0 spiro atoms. The first-order valence-corrected chi connectivity index (χ1v) is 6.19. The summed E-state index contributed by atoms with van der Waals surface area (Å²) in [5.74, 6) is -1.08. The molecule has 1 aromatic carbocycles. The Morgan fingerprint density at radius 2 is 2.29 bits per heavy atom. The van der Waals surface area contributed by atoms with Gasteiger partial charge in [-0.05, 0) is 24.1 Å². The number of carboxylic acids is 1. The molecule has 88 valence electrons. The van der Waals surface area contributed by atoms with Gasteiger partial charge < -0.3 is 10.4 Å². The number of hydrogen-bond donors (Lipinski definition) is 2. The van der Waals surface area contributed by atoms with Crippen molar-refractivity contribution in [3.05, 3.63) is 35.4 Å². The minimum absolute atomic E-state index is 0.110. The summed E-state index contributed by atoms with van der Waals surface area (Å²) in [6, 6.07) is 6.59. The third-order valence-corrected chi connectivity index (χ3v) is 3.73. The first-order chi connectivity index (χ1) is 8.06. The second-order valence-electron chi connectivity index (χ2n) is 3.59. The number of rotatable bonds is 3. The van der Waals surface area contributed by atoms with Gasteiger partial charge in [0.05, 0.1) is 10.8 Å². The van der Waals surface area contributed by atoms with E-state index in [1.807, 2.05) is 6.07 Å². The number of benzene rings is 1. The maximum atomic E-state index is 11.5. The van der Waals surface area contributed by atoms with Gasteiger partial charge in [0.25, 0.3) is 0 Å². The van der Waals surface area contributed by atoms with Gasteiger partial charge >= 0.3 is 5.97 Å². The molecule has 1 fully saturated rings. The van der Waals surface area contributed by atoms with E-state index in [0.717, 1.165) is 5.56 Å². The Hall–Kier alpha value is -1.40. The minimum atomic E-state index is -0.967. The molecule has 0 aliphatic carbocycles. The fourth-order valence-electron chi connectivity index (χ4n) is 1.57. The van der Waals surface area contributed by atoms with Gasteiger partial charge in [0.1, 0.15) is 4.32 Å². The molecule has 0 bridgehead atoms. The van der Waals surface area contributed by atoms with Crippen LogP contribution in [0, 0.1) is 0 Å². The van der Waals surface area contributed by atoms with Crippen molar-refractivity contribution in [3.63, 3.8) is 0 Å². The second-order valence-corrected chi connectivity index (χ2v) is 5.47. The molecule has 1 atom stereocenters. The Bertz CT molecular complexity index is 501. The van der Waals surface area contributed by atoms with E-state index < -0.39 is 5.97 Å². The first kappa shape index (κ1) is 12.1. The van der Waals surface area contributed by atoms with Crippen LogP contribution in [0.2, 0.25) is 0 Å². The van der Waals surface area contributed by atoms with Crippen LogP contribution in [0.1, 0.15) is 15.9 Å². The van der Waals surface area contributed by atoms with Gasteiger partial charge in [0.2, 0.25) is 5.91 Å². The number of carboxylic acid groups (broad SMARTS) is 1. The monoisotopic (exact) mass is 267 g/mol. The van der Waals surface area contributed by atoms with Crippen LogP contribution in [-0.2, 0) is 11.2 Å². The lowest BCUT2D eigenvalue weighted by molar-refractivity contribution is -0.118. The summed E-state index contributed by atoms with van der Waals surface area (Å²) >= 11 is 6.20. The zero-order valence-electron chi connectivity index (χ0n) is 8.67. The molecule has 1 heterocycles. The number of hydrogen-bond acceptors (Lipinski definition) is 4. The van der Waals surface area contributed by atoms with Crippen molar-refractivity contribution < 1.29 is 14.7 Å². The van der Waals surface area contributed by atoms with Gasteiger partial charge in [-0.2, -0.15) is 0 Å². The number of carbonyl (C=O) groups excluding carboxylic acids is 1. The highest BCUT2D eigenvalue weighted by Crippen LogP contribution is 2.23. The molecular weight excluding hydrogens is 258 g/mol. The summed E-state index contributed by atoms with van der Waals surface area (Å²) in [4.78, 5) is 22.3. The average molecular weight is 267 g/mol. The van der Waals surface area contributed by atoms with Gasteiger partial charge in [-0.25, -0.2) is 4.79 Å². The topological polar surface area (TPSA) is 66.4 Å². The third-order valence-electron chi connectivity index (χ3n) is 2.36. The molecule has 1 unspecified atom stereocenters. The molecule has 2 rings (SSSR count). The summed E-state index contributed by atoms with van der Waals surface area (Å²) in [5, 5.41) is 11.2. The summed E-state index contributed by atoms with van der Waals surface area (Å²) < 4.78 is 0.481. The zero-order valence-corrected chi connectivity index (χ0v) is 10.3. The van der Waals surface area contributed by atoms with Crippen molar-refractivity contribution in [2.75, 3.05) is 0 Å². The molecular formula is C11H9NO3S2. The van der Waals surface area contributed by atoms with Gasteiger partial charge in [0.15, 0.2) is 0 Å². The van der Waals surface area contributed by atoms with E-state index in [9.17, 15) is 9.59 Å². The van der Waals surface area contributed by atoms with Gasteiger partial charge in [-0.3, -0.25) is 4.79 Å². The van der Waals surface area contributed by atoms with Crippen LogP contribution in [0.15, 0.2) is 24.3 Å². The quantitative estimate of drug-likeness (QED) is 0.811. The van der Waals surface area contributed by atoms with Crippen LogP contribution in [0.5, 0.6) is 0 Å². The molecule has 6 heteroatoms. The van der Waals surface area contributed by atoms with Crippen molar-refractivity contribution in [2.45, 2.75) is 11.7 Å². The van der Waals surface area contributed by atoms with Crippen LogP contribution in [-0.4, -0.2) is 26.6 Å². The Kier molecular flexibility index (Phi) is 3.44. The Morgan fingerprint density at radius 3 is 2.88 bits per heavy atom. The van der Waals surface area contributed by atoms with Gasteiger partial charge in [0, 0.05) is 0 Å². The largest absolute Gasteiger partial charge is 0.478 e. The lowest BCUT2D eigenvalue weighted by Crippen LogP contribution is -2.25. The first-order valence-electron chi connectivity index (χ1n) is 4.90. The maximum Gasteiger partial charge on any atom is 0.335 e. The van der Waals surface area contributed by atoms with E-state index in [-0.39, 0.29) is 16.7 Å². The highest BCUT2D eigenvalue weighted by atomic mass is 32.2. The Morgan fingerprint density at radius 1 is 1.53 bits per heavy atom. The highest BCUT2D eigenvalue weighted by molar-refractivity contribution is 8.24. The normalized spacial score (nSPS) is 19.2. The van der Waals surface area contributed by atoms with E-state index in [2.05, 4.69) is 5.32 Å². The lowest BCUT2D eigenvalue weighted by Gasteiger charge is -2.06. The number of aromatic carboxylic acids is 1. The Labute approximate surface area is 107 Å². The molecule has 1 amide bonds. The van der Waals surface area contributed by atoms with E-state index in [1.54, 1.807) is 12.1 Å². The summed E-state index contributed by atoms with van der Waals surface area (Å²) in [5.41, 5.74) is 1.05. The SMILES string of the molecule is O=C(O)c1cccc(CC2SC(=S)NC2=O)c1. The van der Waals surface area contributed by atoms with E-state index in [0.29, 0.717) is 10.7 Å². The fraction of sp³-hybridized carbons (Fsp3) is 0.182. The van der Waals surface area contributed by atoms with E-state index in [1.165, 1.54) is 17.8 Å². The molecule has 0 saturated carbocycles. The molecule has 1 aliphatic heterocycles. The molecule has 17 heavy (non-hydrogen) atoms. The minimum Gasteiger partial charge on any atom is -0.478 e. The standard InChI is InChI=1S/C11H9NO3S2/c13-9-8(17-11(16)12-9)5-6-2-1-3-7(4-6)10(14)15/h1-4,8H,5H2,(H,14,15)(H,12,13,16). The van der Waals surface area contributed by atoms with Crippen LogP contribution in [0.4, 0.5) is 0 Å². The molecule has 2 N–H and O–H groups in total. The molecule has 0 radical (unpaired) electrons. The van der Waals surface area contributed by atoms with Crippen molar-refractivity contribution in [1.82, 2.24) is 5.32 Å². The fourth-order valence-corrected chi connectivity index (χ4v) is 2.88. The van der Waals surface area contributed by atoms with E-state index >= 15 is 0 Å². The summed E-state index contributed by atoms with van der Waals surface area (Å²) in [6.45, 7) is 0. The van der Waals surface area contributed by atoms with Gasteiger partial charge in [-0.15, -0.1) is 0 Å². The number of nitrogens with one attached hydrogen (secondary N) is 1. The molecule has 1 saturated heterocycles. The van der Waals surface area contributed by atoms with Crippen LogP contribution >= 0.6 is 24.0 Å². The van der Waals surface area contributed by atoms with Gasteiger partial charge in [-0.1, -0.05) is 36.1 Å². The zero-order chi connectivity index (χ0) is 12.4. The second kappa shape index (κ2) is 4.85. The number of thiocarbonyl (C=S) groups is 1.